The van der Waals surface area contributed by atoms with E-state index in [4.69, 9.17) is 9.51 Å². The van der Waals surface area contributed by atoms with Gasteiger partial charge in [-0.2, -0.15) is 0 Å². The summed E-state index contributed by atoms with van der Waals surface area (Å²) in [5, 5.41) is 4.87. The second kappa shape index (κ2) is 7.72. The van der Waals surface area contributed by atoms with Gasteiger partial charge in [-0.3, -0.25) is 14.7 Å². The molecule has 0 unspecified atom stereocenters. The molecular weight excluding hydrogens is 352 g/mol. The third-order valence-electron chi connectivity index (χ3n) is 5.27. The van der Waals surface area contributed by atoms with Crippen LogP contribution in [0.15, 0.2) is 40.9 Å². The molecule has 1 aliphatic rings. The molecule has 1 saturated heterocycles. The Morgan fingerprint density at radius 3 is 2.57 bits per heavy atom. The van der Waals surface area contributed by atoms with Crippen molar-refractivity contribution in [2.75, 3.05) is 26.2 Å². The summed E-state index contributed by atoms with van der Waals surface area (Å²) >= 11 is 0. The summed E-state index contributed by atoms with van der Waals surface area (Å²) in [5.74, 6) is 1.24. The number of nitrogens with zero attached hydrogens (tertiary/aromatic N) is 4. The van der Waals surface area contributed by atoms with Gasteiger partial charge in [0.1, 0.15) is 0 Å². The molecule has 0 aliphatic carbocycles. The molecule has 1 aromatic carbocycles. The predicted octanol–water partition coefficient (Wildman–Crippen LogP) is 3.61. The minimum atomic E-state index is 0.0932. The fourth-order valence-corrected chi connectivity index (χ4v) is 3.66. The van der Waals surface area contributed by atoms with E-state index in [0.717, 1.165) is 53.2 Å². The number of amides is 1. The van der Waals surface area contributed by atoms with Gasteiger partial charge in [0, 0.05) is 43.3 Å². The third-order valence-corrected chi connectivity index (χ3v) is 5.27. The zero-order valence-electron chi connectivity index (χ0n) is 16.7. The first-order chi connectivity index (χ1) is 13.5. The van der Waals surface area contributed by atoms with Crippen LogP contribution in [0.1, 0.15) is 47.3 Å². The Balaban J connectivity index is 1.51. The van der Waals surface area contributed by atoms with Crippen molar-refractivity contribution in [2.24, 2.45) is 0 Å². The highest BCUT2D eigenvalue weighted by Gasteiger charge is 2.25. The average Bonchev–Trinajstić information content (AvgIpc) is 3.11. The number of carbonyl (C=O) groups is 1. The lowest BCUT2D eigenvalue weighted by Gasteiger charge is -2.34. The van der Waals surface area contributed by atoms with E-state index in [1.165, 1.54) is 0 Å². The molecule has 1 aliphatic heterocycles. The summed E-state index contributed by atoms with van der Waals surface area (Å²) < 4.78 is 5.32. The summed E-state index contributed by atoms with van der Waals surface area (Å²) in [4.78, 5) is 22.3. The van der Waals surface area contributed by atoms with E-state index < -0.39 is 0 Å². The van der Waals surface area contributed by atoms with Crippen LogP contribution in [-0.2, 0) is 6.54 Å². The minimum absolute atomic E-state index is 0.0932. The Kier molecular flexibility index (Phi) is 5.13. The molecule has 3 heterocycles. The van der Waals surface area contributed by atoms with Crippen molar-refractivity contribution < 1.29 is 9.32 Å². The van der Waals surface area contributed by atoms with Crippen molar-refractivity contribution in [3.05, 3.63) is 59.1 Å². The number of hydrogen-bond acceptors (Lipinski definition) is 5. The van der Waals surface area contributed by atoms with Crippen molar-refractivity contribution in [3.63, 3.8) is 0 Å². The van der Waals surface area contributed by atoms with Gasteiger partial charge in [0.25, 0.3) is 5.91 Å². The van der Waals surface area contributed by atoms with Crippen LogP contribution in [0.3, 0.4) is 0 Å². The van der Waals surface area contributed by atoms with Crippen molar-refractivity contribution in [1.82, 2.24) is 19.9 Å². The topological polar surface area (TPSA) is 62.5 Å². The number of rotatable bonds is 4. The molecule has 1 amide bonds. The lowest BCUT2D eigenvalue weighted by atomic mass is 10.0. The average molecular weight is 378 g/mol. The van der Waals surface area contributed by atoms with E-state index in [2.05, 4.69) is 23.9 Å². The summed E-state index contributed by atoms with van der Waals surface area (Å²) in [6.07, 6.45) is 0. The molecule has 0 N–H and O–H groups in total. The van der Waals surface area contributed by atoms with Crippen molar-refractivity contribution in [1.29, 1.82) is 0 Å². The highest BCUT2D eigenvalue weighted by Crippen LogP contribution is 2.24. The van der Waals surface area contributed by atoms with Crippen LogP contribution in [0.2, 0.25) is 0 Å². The lowest BCUT2D eigenvalue weighted by molar-refractivity contribution is 0.0619. The first-order valence-electron chi connectivity index (χ1n) is 9.85. The van der Waals surface area contributed by atoms with E-state index in [1.807, 2.05) is 48.2 Å². The molecule has 4 rings (SSSR count). The molecule has 3 aromatic rings. The SMILES string of the molecule is Cc1cc(CN2CCN(C(=O)c3cc(C(C)C)nc4ccccc34)CC2)on1. The monoisotopic (exact) mass is 378 g/mol. The molecule has 1 fully saturated rings. The zero-order valence-corrected chi connectivity index (χ0v) is 16.7. The molecule has 0 saturated carbocycles. The highest BCUT2D eigenvalue weighted by molar-refractivity contribution is 6.06. The Morgan fingerprint density at radius 1 is 1.14 bits per heavy atom. The van der Waals surface area contributed by atoms with Crippen LogP contribution in [0, 0.1) is 6.92 Å². The second-order valence-electron chi connectivity index (χ2n) is 7.77. The molecular formula is C22H26N4O2. The fourth-order valence-electron chi connectivity index (χ4n) is 3.66. The van der Waals surface area contributed by atoms with E-state index in [-0.39, 0.29) is 11.8 Å². The summed E-state index contributed by atoms with van der Waals surface area (Å²) in [7, 11) is 0. The van der Waals surface area contributed by atoms with Gasteiger partial charge in [0.05, 0.1) is 23.3 Å². The van der Waals surface area contributed by atoms with Gasteiger partial charge in [0.15, 0.2) is 5.76 Å². The van der Waals surface area contributed by atoms with Crippen LogP contribution >= 0.6 is 0 Å². The van der Waals surface area contributed by atoms with Crippen LogP contribution in [-0.4, -0.2) is 52.0 Å². The number of benzene rings is 1. The molecule has 0 atom stereocenters. The number of para-hydroxylation sites is 1. The standard InChI is InChI=1S/C22H26N4O2/c1-15(2)21-13-19(18-6-4-5-7-20(18)23-21)22(27)26-10-8-25(9-11-26)14-17-12-16(3)24-28-17/h4-7,12-13,15H,8-11,14H2,1-3H3. The van der Waals surface area contributed by atoms with Gasteiger partial charge in [-0.05, 0) is 25.0 Å². The Bertz CT molecular complexity index is 987. The zero-order chi connectivity index (χ0) is 19.7. The van der Waals surface area contributed by atoms with Crippen LogP contribution < -0.4 is 0 Å². The van der Waals surface area contributed by atoms with Crippen molar-refractivity contribution >= 4 is 16.8 Å². The smallest absolute Gasteiger partial charge is 0.254 e. The Labute approximate surface area is 165 Å². The number of piperazine rings is 1. The molecule has 146 valence electrons. The predicted molar refractivity (Wildman–Crippen MR) is 108 cm³/mol. The fraction of sp³-hybridized carbons (Fsp3) is 0.409. The van der Waals surface area contributed by atoms with Gasteiger partial charge < -0.3 is 9.42 Å². The number of fused-ring (bicyclic) bond motifs is 1. The lowest BCUT2D eigenvalue weighted by Crippen LogP contribution is -2.48. The molecule has 0 radical (unpaired) electrons. The van der Waals surface area contributed by atoms with Crippen LogP contribution in [0.25, 0.3) is 10.9 Å². The highest BCUT2D eigenvalue weighted by atomic mass is 16.5. The minimum Gasteiger partial charge on any atom is -0.360 e. The number of carbonyl (C=O) groups excluding carboxylic acids is 1. The second-order valence-corrected chi connectivity index (χ2v) is 7.77. The van der Waals surface area contributed by atoms with E-state index in [1.54, 1.807) is 0 Å². The van der Waals surface area contributed by atoms with Crippen LogP contribution in [0.4, 0.5) is 0 Å². The summed E-state index contributed by atoms with van der Waals surface area (Å²) in [6, 6.07) is 11.8. The molecule has 2 aromatic heterocycles. The molecule has 6 heteroatoms. The third kappa shape index (κ3) is 3.78. The van der Waals surface area contributed by atoms with Crippen molar-refractivity contribution in [2.45, 2.75) is 33.2 Å². The van der Waals surface area contributed by atoms with Gasteiger partial charge in [0.2, 0.25) is 0 Å². The maximum Gasteiger partial charge on any atom is 0.254 e. The van der Waals surface area contributed by atoms with Crippen LogP contribution in [0.5, 0.6) is 0 Å². The van der Waals surface area contributed by atoms with E-state index in [0.29, 0.717) is 13.1 Å². The number of hydrogen-bond donors (Lipinski definition) is 0. The first-order valence-corrected chi connectivity index (χ1v) is 9.85. The number of aromatic nitrogens is 2. The maximum absolute atomic E-state index is 13.3. The van der Waals surface area contributed by atoms with E-state index >= 15 is 0 Å². The van der Waals surface area contributed by atoms with Gasteiger partial charge >= 0.3 is 0 Å². The Morgan fingerprint density at radius 2 is 1.89 bits per heavy atom. The molecule has 6 nitrogen and oxygen atoms in total. The normalized spacial score (nSPS) is 15.5. The quantitative estimate of drug-likeness (QED) is 0.694. The first kappa shape index (κ1) is 18.6. The summed E-state index contributed by atoms with van der Waals surface area (Å²) in [5.41, 5.74) is 3.50. The Hall–Kier alpha value is -2.73. The van der Waals surface area contributed by atoms with Gasteiger partial charge in [-0.15, -0.1) is 0 Å². The number of pyridine rings is 1. The largest absolute Gasteiger partial charge is 0.360 e. The summed E-state index contributed by atoms with van der Waals surface area (Å²) in [6.45, 7) is 9.94. The van der Waals surface area contributed by atoms with E-state index in [9.17, 15) is 4.79 Å². The maximum atomic E-state index is 13.3. The van der Waals surface area contributed by atoms with Gasteiger partial charge in [-0.1, -0.05) is 37.2 Å². The van der Waals surface area contributed by atoms with Crippen molar-refractivity contribution in [3.8, 4) is 0 Å². The molecule has 28 heavy (non-hydrogen) atoms. The molecule has 0 bridgehead atoms. The van der Waals surface area contributed by atoms with Gasteiger partial charge in [-0.25, -0.2) is 0 Å². The number of aryl methyl sites for hydroxylation is 1. The molecule has 0 spiro atoms.